The summed E-state index contributed by atoms with van der Waals surface area (Å²) in [6, 6.07) is 5.04. The maximum atomic E-state index is 12.0. The lowest BCUT2D eigenvalue weighted by Gasteiger charge is -2.09. The van der Waals surface area contributed by atoms with Gasteiger partial charge < -0.3 is 15.2 Å². The highest BCUT2D eigenvalue weighted by atomic mass is 32.1. The van der Waals surface area contributed by atoms with Gasteiger partial charge in [-0.1, -0.05) is 11.3 Å². The molecule has 9 heteroatoms. The van der Waals surface area contributed by atoms with Gasteiger partial charge in [0.15, 0.2) is 5.13 Å². The standard InChI is InChI=1S/C12H9F3N2O3S/c1-6-9(10(18)19)21-11(16-6)17-7-2-4-8(5-3-7)20-12(13,14)15/h2-5H,1H3,(H,16,17)(H,18,19). The van der Waals surface area contributed by atoms with Crippen LogP contribution < -0.4 is 10.1 Å². The van der Waals surface area contributed by atoms with Gasteiger partial charge in [-0.2, -0.15) is 0 Å². The summed E-state index contributed by atoms with van der Waals surface area (Å²) in [6.45, 7) is 1.56. The minimum absolute atomic E-state index is 0.106. The minimum atomic E-state index is -4.74. The molecule has 21 heavy (non-hydrogen) atoms. The number of aryl methyl sites for hydroxylation is 1. The van der Waals surface area contributed by atoms with Gasteiger partial charge in [0.1, 0.15) is 10.6 Å². The van der Waals surface area contributed by atoms with Crippen molar-refractivity contribution in [2.45, 2.75) is 13.3 Å². The molecule has 5 nitrogen and oxygen atoms in total. The summed E-state index contributed by atoms with van der Waals surface area (Å²) in [5.41, 5.74) is 0.835. The summed E-state index contributed by atoms with van der Waals surface area (Å²) in [6.07, 6.45) is -4.74. The van der Waals surface area contributed by atoms with Crippen molar-refractivity contribution in [3.05, 3.63) is 34.8 Å². The first-order valence-corrected chi connectivity index (χ1v) is 6.40. The first kappa shape index (κ1) is 15.1. The molecule has 0 unspecified atom stereocenters. The Balaban J connectivity index is 2.10. The number of halogens is 3. The van der Waals surface area contributed by atoms with Crippen molar-refractivity contribution in [2.75, 3.05) is 5.32 Å². The third-order valence-electron chi connectivity index (χ3n) is 2.33. The topological polar surface area (TPSA) is 71.5 Å². The highest BCUT2D eigenvalue weighted by Crippen LogP contribution is 2.28. The predicted octanol–water partition coefficient (Wildman–Crippen LogP) is 3.79. The number of aromatic carboxylic acids is 1. The quantitative estimate of drug-likeness (QED) is 0.897. The van der Waals surface area contributed by atoms with Gasteiger partial charge in [0.2, 0.25) is 0 Å². The minimum Gasteiger partial charge on any atom is -0.477 e. The molecule has 0 bridgehead atoms. The van der Waals surface area contributed by atoms with Gasteiger partial charge >= 0.3 is 12.3 Å². The number of anilines is 2. The van der Waals surface area contributed by atoms with E-state index in [9.17, 15) is 18.0 Å². The Bertz CT molecular complexity index is 653. The molecule has 0 aliphatic heterocycles. The molecule has 2 rings (SSSR count). The maximum absolute atomic E-state index is 12.0. The third kappa shape index (κ3) is 4.09. The van der Waals surface area contributed by atoms with Crippen molar-refractivity contribution >= 4 is 28.1 Å². The molecule has 0 atom stereocenters. The SMILES string of the molecule is Cc1nc(Nc2ccc(OC(F)(F)F)cc2)sc1C(=O)O. The van der Waals surface area contributed by atoms with Crippen LogP contribution in [0.3, 0.4) is 0 Å². The molecule has 0 spiro atoms. The number of hydrogen-bond donors (Lipinski definition) is 2. The zero-order valence-corrected chi connectivity index (χ0v) is 11.4. The van der Waals surface area contributed by atoms with Gasteiger partial charge in [0.25, 0.3) is 0 Å². The van der Waals surface area contributed by atoms with Gasteiger partial charge in [0, 0.05) is 5.69 Å². The molecule has 0 fully saturated rings. The summed E-state index contributed by atoms with van der Waals surface area (Å²) in [5, 5.41) is 12.1. The second kappa shape index (κ2) is 5.60. The average molecular weight is 318 g/mol. The van der Waals surface area contributed by atoms with E-state index in [1.54, 1.807) is 6.92 Å². The molecule has 1 aromatic heterocycles. The van der Waals surface area contributed by atoms with Crippen LogP contribution in [-0.2, 0) is 0 Å². The lowest BCUT2D eigenvalue weighted by Crippen LogP contribution is -2.16. The van der Waals surface area contributed by atoms with Gasteiger partial charge in [-0.25, -0.2) is 9.78 Å². The lowest BCUT2D eigenvalue weighted by molar-refractivity contribution is -0.274. The number of thiazole rings is 1. The van der Waals surface area contributed by atoms with Gasteiger partial charge in [-0.3, -0.25) is 0 Å². The number of ether oxygens (including phenoxy) is 1. The van der Waals surface area contributed by atoms with Crippen LogP contribution in [0.4, 0.5) is 24.0 Å². The fourth-order valence-corrected chi connectivity index (χ4v) is 2.34. The summed E-state index contributed by atoms with van der Waals surface area (Å²) in [4.78, 5) is 15.0. The summed E-state index contributed by atoms with van der Waals surface area (Å²) >= 11 is 0.944. The second-order valence-corrected chi connectivity index (χ2v) is 4.93. The van der Waals surface area contributed by atoms with Gasteiger partial charge in [-0.15, -0.1) is 13.2 Å². The molecular weight excluding hydrogens is 309 g/mol. The number of alkyl halides is 3. The number of nitrogens with one attached hydrogen (secondary N) is 1. The Morgan fingerprint density at radius 2 is 1.95 bits per heavy atom. The van der Waals surface area contributed by atoms with Crippen LogP contribution in [0.15, 0.2) is 24.3 Å². The van der Waals surface area contributed by atoms with Gasteiger partial charge in [0.05, 0.1) is 5.69 Å². The zero-order chi connectivity index (χ0) is 15.6. The van der Waals surface area contributed by atoms with Crippen LogP contribution in [0, 0.1) is 6.92 Å². The maximum Gasteiger partial charge on any atom is 0.573 e. The number of aromatic nitrogens is 1. The van der Waals surface area contributed by atoms with Crippen LogP contribution >= 0.6 is 11.3 Å². The number of rotatable bonds is 4. The summed E-state index contributed by atoms with van der Waals surface area (Å²) < 4.78 is 39.8. The Morgan fingerprint density at radius 3 is 2.43 bits per heavy atom. The number of carbonyl (C=O) groups is 1. The first-order chi connectivity index (χ1) is 9.74. The molecule has 2 aromatic rings. The smallest absolute Gasteiger partial charge is 0.477 e. The van der Waals surface area contributed by atoms with Crippen LogP contribution in [-0.4, -0.2) is 22.4 Å². The van der Waals surface area contributed by atoms with Crippen molar-refractivity contribution in [1.29, 1.82) is 0 Å². The van der Waals surface area contributed by atoms with E-state index in [1.807, 2.05) is 0 Å². The second-order valence-electron chi connectivity index (χ2n) is 3.94. The van der Waals surface area contributed by atoms with E-state index in [0.29, 0.717) is 16.5 Å². The summed E-state index contributed by atoms with van der Waals surface area (Å²) in [7, 11) is 0. The molecule has 1 heterocycles. The monoisotopic (exact) mass is 318 g/mol. The molecule has 0 saturated heterocycles. The van der Waals surface area contributed by atoms with E-state index in [1.165, 1.54) is 12.1 Å². The van der Waals surface area contributed by atoms with Gasteiger partial charge in [-0.05, 0) is 31.2 Å². The molecule has 0 aliphatic carbocycles. The fourth-order valence-electron chi connectivity index (χ4n) is 1.51. The van der Waals surface area contributed by atoms with Crippen LogP contribution in [0.25, 0.3) is 0 Å². The zero-order valence-electron chi connectivity index (χ0n) is 10.6. The molecule has 2 N–H and O–H groups in total. The number of carboxylic acid groups (broad SMARTS) is 1. The van der Waals surface area contributed by atoms with Crippen molar-refractivity contribution in [2.24, 2.45) is 0 Å². The average Bonchev–Trinajstić information content (AvgIpc) is 2.71. The molecule has 0 aliphatic rings. The van der Waals surface area contributed by atoms with Crippen LogP contribution in [0.1, 0.15) is 15.4 Å². The van der Waals surface area contributed by atoms with E-state index >= 15 is 0 Å². The largest absolute Gasteiger partial charge is 0.573 e. The molecule has 1 aromatic carbocycles. The van der Waals surface area contributed by atoms with E-state index in [0.717, 1.165) is 23.5 Å². The number of nitrogens with zero attached hydrogens (tertiary/aromatic N) is 1. The Kier molecular flexibility index (Phi) is 4.03. The molecule has 0 radical (unpaired) electrons. The van der Waals surface area contributed by atoms with Crippen molar-refractivity contribution < 1.29 is 27.8 Å². The summed E-state index contributed by atoms with van der Waals surface area (Å²) in [5.74, 6) is -1.42. The molecule has 112 valence electrons. The van der Waals surface area contributed by atoms with E-state index in [4.69, 9.17) is 5.11 Å². The third-order valence-corrected chi connectivity index (χ3v) is 3.39. The van der Waals surface area contributed by atoms with Crippen molar-refractivity contribution in [1.82, 2.24) is 4.98 Å². The van der Waals surface area contributed by atoms with E-state index in [2.05, 4.69) is 15.0 Å². The molecular formula is C12H9F3N2O3S. The fraction of sp³-hybridized carbons (Fsp3) is 0.167. The van der Waals surface area contributed by atoms with Crippen molar-refractivity contribution in [3.8, 4) is 5.75 Å². The number of carboxylic acids is 1. The van der Waals surface area contributed by atoms with E-state index < -0.39 is 12.3 Å². The highest BCUT2D eigenvalue weighted by Gasteiger charge is 2.30. The van der Waals surface area contributed by atoms with E-state index in [-0.39, 0.29) is 10.6 Å². The lowest BCUT2D eigenvalue weighted by atomic mass is 10.3. The Morgan fingerprint density at radius 1 is 1.33 bits per heavy atom. The molecule has 0 amide bonds. The first-order valence-electron chi connectivity index (χ1n) is 5.58. The van der Waals surface area contributed by atoms with Crippen LogP contribution in [0.5, 0.6) is 5.75 Å². The normalized spacial score (nSPS) is 11.2. The highest BCUT2D eigenvalue weighted by molar-refractivity contribution is 7.17. The Hall–Kier alpha value is -2.29. The van der Waals surface area contributed by atoms with Crippen molar-refractivity contribution in [3.63, 3.8) is 0 Å². The van der Waals surface area contributed by atoms with Crippen LogP contribution in [0.2, 0.25) is 0 Å². The number of benzene rings is 1. The predicted molar refractivity (Wildman–Crippen MR) is 70.2 cm³/mol. The number of hydrogen-bond acceptors (Lipinski definition) is 5. The Labute approximate surface area is 121 Å². The molecule has 0 saturated carbocycles.